The third-order valence-electron chi connectivity index (χ3n) is 1.75. The Hall–Kier alpha value is -0.690. The summed E-state index contributed by atoms with van der Waals surface area (Å²) >= 11 is 0. The van der Waals surface area contributed by atoms with E-state index in [9.17, 15) is 10.2 Å². The summed E-state index contributed by atoms with van der Waals surface area (Å²) in [5, 5.41) is 27.1. The van der Waals surface area contributed by atoms with Gasteiger partial charge in [0.1, 0.15) is 18.3 Å². The summed E-state index contributed by atoms with van der Waals surface area (Å²) in [6.45, 7) is -0.352. The maximum Gasteiger partial charge on any atom is 0.178 e. The highest BCUT2D eigenvalue weighted by Gasteiger charge is 2.41. The molecule has 2 unspecified atom stereocenters. The van der Waals surface area contributed by atoms with Gasteiger partial charge in [-0.25, -0.2) is 4.99 Å². The second-order valence-electron chi connectivity index (χ2n) is 2.53. The smallest absolute Gasteiger partial charge is 0.178 e. The number of hydrogen-bond acceptors (Lipinski definition) is 5. The monoisotopic (exact) mass is 176 g/mol. The summed E-state index contributed by atoms with van der Waals surface area (Å²) < 4.78 is 4.95. The molecule has 6 nitrogen and oxygen atoms in total. The number of nitrogens with two attached hydrogens (primary N) is 1. The van der Waals surface area contributed by atoms with Gasteiger partial charge in [0.15, 0.2) is 6.23 Å². The van der Waals surface area contributed by atoms with E-state index in [1.807, 2.05) is 0 Å². The van der Waals surface area contributed by atoms with Crippen LogP contribution < -0.4 is 5.73 Å². The highest BCUT2D eigenvalue weighted by Crippen LogP contribution is 2.21. The summed E-state index contributed by atoms with van der Waals surface area (Å²) in [6, 6.07) is 0. The van der Waals surface area contributed by atoms with Crippen molar-refractivity contribution < 1.29 is 20.1 Å². The number of hydrogen-bond donors (Lipinski definition) is 4. The van der Waals surface area contributed by atoms with E-state index in [1.54, 1.807) is 0 Å². The fourth-order valence-electron chi connectivity index (χ4n) is 1.09. The van der Waals surface area contributed by atoms with E-state index in [0.29, 0.717) is 0 Å². The molecule has 12 heavy (non-hydrogen) atoms. The minimum Gasteiger partial charge on any atom is -0.394 e. The highest BCUT2D eigenvalue weighted by atomic mass is 16.6. The lowest BCUT2D eigenvalue weighted by Gasteiger charge is -2.09. The Balaban J connectivity index is 2.60. The number of rotatable bonds is 2. The summed E-state index contributed by atoms with van der Waals surface area (Å²) in [6.07, 6.45) is -2.90. The van der Waals surface area contributed by atoms with Gasteiger partial charge in [-0.1, -0.05) is 0 Å². The van der Waals surface area contributed by atoms with Crippen molar-refractivity contribution in [3.63, 3.8) is 0 Å². The molecule has 1 rings (SSSR count). The minimum absolute atomic E-state index is 0.352. The van der Waals surface area contributed by atoms with Gasteiger partial charge >= 0.3 is 0 Å². The molecule has 0 spiro atoms. The van der Waals surface area contributed by atoms with Crippen LogP contribution in [-0.4, -0.2) is 52.8 Å². The van der Waals surface area contributed by atoms with Crippen molar-refractivity contribution in [3.05, 3.63) is 0 Å². The lowest BCUT2D eigenvalue weighted by atomic mass is 10.1. The Morgan fingerprint density at radius 1 is 1.42 bits per heavy atom. The molecule has 0 bridgehead atoms. The Bertz CT molecular complexity index is 175. The summed E-state index contributed by atoms with van der Waals surface area (Å²) in [4.78, 5) is 3.56. The van der Waals surface area contributed by atoms with Gasteiger partial charge in [-0.2, -0.15) is 0 Å². The molecule has 4 atom stereocenters. The zero-order valence-electron chi connectivity index (χ0n) is 6.37. The fourth-order valence-corrected chi connectivity index (χ4v) is 1.09. The second-order valence-corrected chi connectivity index (χ2v) is 2.53. The summed E-state index contributed by atoms with van der Waals surface area (Å²) in [5.41, 5.74) is 4.98. The zero-order chi connectivity index (χ0) is 9.14. The van der Waals surface area contributed by atoms with Gasteiger partial charge in [0, 0.05) is 0 Å². The maximum atomic E-state index is 9.23. The molecular weight excluding hydrogens is 164 g/mol. The van der Waals surface area contributed by atoms with Crippen LogP contribution in [0.5, 0.6) is 0 Å². The molecule has 5 N–H and O–H groups in total. The van der Waals surface area contributed by atoms with Crippen molar-refractivity contribution in [1.82, 2.24) is 0 Å². The standard InChI is InChI=1S/C6H12N2O4/c7-2-8-6-5(11)4(10)3(1-9)12-6/h2-6,9-11H,1H2,(H2,7,8)/t3-,4?,5?,6-/m1/s1. The third-order valence-corrected chi connectivity index (χ3v) is 1.75. The average Bonchev–Trinajstić information content (AvgIpc) is 2.33. The number of aliphatic hydroxyl groups is 3. The third kappa shape index (κ3) is 1.56. The van der Waals surface area contributed by atoms with E-state index in [0.717, 1.165) is 6.34 Å². The number of aliphatic imine (C=N–C) groups is 1. The van der Waals surface area contributed by atoms with Crippen molar-refractivity contribution in [2.45, 2.75) is 24.5 Å². The van der Waals surface area contributed by atoms with Crippen LogP contribution in [0.25, 0.3) is 0 Å². The van der Waals surface area contributed by atoms with Gasteiger partial charge in [-0.15, -0.1) is 0 Å². The molecule has 0 saturated carbocycles. The van der Waals surface area contributed by atoms with Crippen molar-refractivity contribution in [2.75, 3.05) is 6.61 Å². The first-order valence-electron chi connectivity index (χ1n) is 3.56. The number of nitrogens with zero attached hydrogens (tertiary/aromatic N) is 1. The SMILES string of the molecule is N/C=N/[C@@H]1O[C@H](CO)C(O)C1O. The molecule has 0 amide bonds. The van der Waals surface area contributed by atoms with Crippen molar-refractivity contribution in [2.24, 2.45) is 10.7 Å². The molecule has 1 aliphatic heterocycles. The second kappa shape index (κ2) is 3.81. The molecule has 0 radical (unpaired) electrons. The van der Waals surface area contributed by atoms with Crippen molar-refractivity contribution in [1.29, 1.82) is 0 Å². The number of ether oxygens (including phenoxy) is 1. The lowest BCUT2D eigenvalue weighted by Crippen LogP contribution is -2.33. The molecule has 0 aromatic heterocycles. The van der Waals surface area contributed by atoms with Gasteiger partial charge in [0.2, 0.25) is 0 Å². The first-order valence-corrected chi connectivity index (χ1v) is 3.56. The van der Waals surface area contributed by atoms with Crippen LogP contribution in [0.4, 0.5) is 0 Å². The molecule has 1 heterocycles. The van der Waals surface area contributed by atoms with Gasteiger partial charge < -0.3 is 25.8 Å². The largest absolute Gasteiger partial charge is 0.394 e. The van der Waals surface area contributed by atoms with Gasteiger partial charge in [-0.3, -0.25) is 0 Å². The van der Waals surface area contributed by atoms with Gasteiger partial charge in [-0.05, 0) is 0 Å². The fraction of sp³-hybridized carbons (Fsp3) is 0.833. The minimum atomic E-state index is -1.12. The Kier molecular flexibility index (Phi) is 2.99. The van der Waals surface area contributed by atoms with E-state index < -0.39 is 24.5 Å². The molecule has 1 aliphatic rings. The van der Waals surface area contributed by atoms with Crippen LogP contribution in [0.2, 0.25) is 0 Å². The van der Waals surface area contributed by atoms with Gasteiger partial charge in [0.25, 0.3) is 0 Å². The molecule has 70 valence electrons. The molecular formula is C6H12N2O4. The highest BCUT2D eigenvalue weighted by molar-refractivity contribution is 5.51. The van der Waals surface area contributed by atoms with E-state index in [4.69, 9.17) is 15.6 Å². The first kappa shape index (κ1) is 9.40. The molecule has 0 aromatic rings. The van der Waals surface area contributed by atoms with Crippen LogP contribution in [0, 0.1) is 0 Å². The van der Waals surface area contributed by atoms with Crippen LogP contribution in [0.3, 0.4) is 0 Å². The molecule has 6 heteroatoms. The zero-order valence-corrected chi connectivity index (χ0v) is 6.37. The van der Waals surface area contributed by atoms with Crippen LogP contribution >= 0.6 is 0 Å². The van der Waals surface area contributed by atoms with Crippen LogP contribution in [-0.2, 0) is 4.74 Å². The Morgan fingerprint density at radius 3 is 2.50 bits per heavy atom. The predicted octanol–water partition coefficient (Wildman–Crippen LogP) is -2.59. The quantitative estimate of drug-likeness (QED) is 0.273. The van der Waals surface area contributed by atoms with Crippen molar-refractivity contribution >= 4 is 6.34 Å². The Labute approximate surface area is 69.3 Å². The Morgan fingerprint density at radius 2 is 2.08 bits per heavy atom. The van der Waals surface area contributed by atoms with Crippen LogP contribution in [0.15, 0.2) is 4.99 Å². The average molecular weight is 176 g/mol. The summed E-state index contributed by atoms with van der Waals surface area (Å²) in [5.74, 6) is 0. The predicted molar refractivity (Wildman–Crippen MR) is 40.4 cm³/mol. The van der Waals surface area contributed by atoms with E-state index in [1.165, 1.54) is 0 Å². The maximum absolute atomic E-state index is 9.23. The normalized spacial score (nSPS) is 42.6. The molecule has 1 fully saturated rings. The van der Waals surface area contributed by atoms with Crippen molar-refractivity contribution in [3.8, 4) is 0 Å². The van der Waals surface area contributed by atoms with E-state index in [-0.39, 0.29) is 6.61 Å². The molecule has 0 aliphatic carbocycles. The summed E-state index contributed by atoms with van der Waals surface area (Å²) in [7, 11) is 0. The topological polar surface area (TPSA) is 108 Å². The molecule has 1 saturated heterocycles. The first-order chi connectivity index (χ1) is 5.70. The van der Waals surface area contributed by atoms with Gasteiger partial charge in [0.05, 0.1) is 12.9 Å². The van der Waals surface area contributed by atoms with E-state index in [2.05, 4.69) is 4.99 Å². The lowest BCUT2D eigenvalue weighted by molar-refractivity contribution is -0.0192. The van der Waals surface area contributed by atoms with E-state index >= 15 is 0 Å². The number of aliphatic hydroxyl groups excluding tert-OH is 3. The van der Waals surface area contributed by atoms with Crippen LogP contribution in [0.1, 0.15) is 0 Å². The molecule has 0 aromatic carbocycles.